The van der Waals surface area contributed by atoms with Crippen LogP contribution in [0.5, 0.6) is 0 Å². The zero-order valence-electron chi connectivity index (χ0n) is 10.6. The molecule has 2 aromatic rings. The predicted molar refractivity (Wildman–Crippen MR) is 71.3 cm³/mol. The summed E-state index contributed by atoms with van der Waals surface area (Å²) >= 11 is 0. The largest absolute Gasteiger partial charge is 0.314 e. The van der Waals surface area contributed by atoms with Crippen LogP contribution in [-0.2, 0) is 0 Å². The Hall–Kier alpha value is -1.72. The summed E-state index contributed by atoms with van der Waals surface area (Å²) in [6, 6.07) is 6.91. The van der Waals surface area contributed by atoms with Crippen molar-refractivity contribution in [1.82, 2.24) is 20.4 Å². The fourth-order valence-corrected chi connectivity index (χ4v) is 2.63. The Bertz CT molecular complexity index is 520. The molecule has 3 rings (SSSR count). The molecule has 1 aromatic carbocycles. The van der Waals surface area contributed by atoms with E-state index >= 15 is 0 Å². The smallest absolute Gasteiger partial charge is 0.128 e. The normalized spacial score (nSPS) is 18.4. The number of hydrogen-bond donors (Lipinski definition) is 2. The molecule has 1 atom stereocenters. The fourth-order valence-electron chi connectivity index (χ4n) is 2.63. The van der Waals surface area contributed by atoms with Gasteiger partial charge in [-0.25, -0.2) is 4.39 Å². The number of halogens is 1. The van der Waals surface area contributed by atoms with Crippen molar-refractivity contribution in [2.24, 2.45) is 0 Å². The number of nitrogens with one attached hydrogen (secondary N) is 2. The first-order chi connectivity index (χ1) is 9.36. The number of benzene rings is 1. The molecule has 19 heavy (non-hydrogen) atoms. The second-order valence-corrected chi connectivity index (χ2v) is 4.74. The third-order valence-electron chi connectivity index (χ3n) is 3.55. The van der Waals surface area contributed by atoms with E-state index in [1.54, 1.807) is 12.3 Å². The van der Waals surface area contributed by atoms with Crippen molar-refractivity contribution >= 4 is 0 Å². The maximum atomic E-state index is 14.1. The summed E-state index contributed by atoms with van der Waals surface area (Å²) in [7, 11) is 0. The standard InChI is InChI=1S/C14H17FN4/c15-13-4-2-1-3-12(13)14(11-9-17-18-10-11)19-7-5-16-6-8-19/h1-4,9-10,14,16H,5-8H2,(H,17,18). The van der Waals surface area contributed by atoms with Gasteiger partial charge >= 0.3 is 0 Å². The molecule has 0 amide bonds. The van der Waals surface area contributed by atoms with Gasteiger partial charge < -0.3 is 5.32 Å². The highest BCUT2D eigenvalue weighted by molar-refractivity contribution is 5.30. The summed E-state index contributed by atoms with van der Waals surface area (Å²) in [6.07, 6.45) is 3.62. The van der Waals surface area contributed by atoms with Crippen LogP contribution in [0.25, 0.3) is 0 Å². The summed E-state index contributed by atoms with van der Waals surface area (Å²) in [5.41, 5.74) is 1.72. The number of hydrogen-bond acceptors (Lipinski definition) is 3. The van der Waals surface area contributed by atoms with Crippen molar-refractivity contribution in [3.05, 3.63) is 53.6 Å². The Morgan fingerprint density at radius 3 is 2.68 bits per heavy atom. The lowest BCUT2D eigenvalue weighted by Gasteiger charge is -2.34. The van der Waals surface area contributed by atoms with Gasteiger partial charge in [0, 0.05) is 43.5 Å². The third-order valence-corrected chi connectivity index (χ3v) is 3.55. The molecular weight excluding hydrogens is 243 g/mol. The van der Waals surface area contributed by atoms with Crippen molar-refractivity contribution in [2.75, 3.05) is 26.2 Å². The van der Waals surface area contributed by atoms with Crippen LogP contribution in [-0.4, -0.2) is 41.3 Å². The van der Waals surface area contributed by atoms with Gasteiger partial charge in [-0.2, -0.15) is 5.10 Å². The molecule has 1 saturated heterocycles. The first kappa shape index (κ1) is 12.3. The van der Waals surface area contributed by atoms with Crippen LogP contribution in [0.2, 0.25) is 0 Å². The molecule has 0 bridgehead atoms. The van der Waals surface area contributed by atoms with Crippen molar-refractivity contribution in [2.45, 2.75) is 6.04 Å². The van der Waals surface area contributed by atoms with E-state index in [1.165, 1.54) is 6.07 Å². The molecule has 2 N–H and O–H groups in total. The average Bonchev–Trinajstić information content (AvgIpc) is 2.96. The number of piperazine rings is 1. The van der Waals surface area contributed by atoms with Crippen LogP contribution >= 0.6 is 0 Å². The zero-order chi connectivity index (χ0) is 13.1. The third kappa shape index (κ3) is 2.52. The number of H-pyrrole nitrogens is 1. The molecule has 2 heterocycles. The molecule has 0 aliphatic carbocycles. The molecule has 0 radical (unpaired) electrons. The average molecular weight is 260 g/mol. The highest BCUT2D eigenvalue weighted by Crippen LogP contribution is 2.29. The minimum absolute atomic E-state index is 0.0675. The van der Waals surface area contributed by atoms with Crippen molar-refractivity contribution < 1.29 is 4.39 Å². The number of aromatic amines is 1. The van der Waals surface area contributed by atoms with E-state index in [0.29, 0.717) is 5.56 Å². The Morgan fingerprint density at radius 2 is 2.00 bits per heavy atom. The van der Waals surface area contributed by atoms with E-state index in [0.717, 1.165) is 31.7 Å². The molecule has 1 aliphatic heterocycles. The first-order valence-electron chi connectivity index (χ1n) is 6.54. The van der Waals surface area contributed by atoms with Gasteiger partial charge in [0.15, 0.2) is 0 Å². The van der Waals surface area contributed by atoms with E-state index in [4.69, 9.17) is 0 Å². The molecular formula is C14H17FN4. The van der Waals surface area contributed by atoms with Crippen molar-refractivity contribution in [3.8, 4) is 0 Å². The van der Waals surface area contributed by atoms with Gasteiger partial charge in [0.25, 0.3) is 0 Å². The van der Waals surface area contributed by atoms with Gasteiger partial charge in [0.05, 0.1) is 12.2 Å². The topological polar surface area (TPSA) is 44.0 Å². The molecule has 1 unspecified atom stereocenters. The van der Waals surface area contributed by atoms with Gasteiger partial charge in [0.2, 0.25) is 0 Å². The van der Waals surface area contributed by atoms with Crippen LogP contribution in [0, 0.1) is 5.82 Å². The highest BCUT2D eigenvalue weighted by Gasteiger charge is 2.26. The van der Waals surface area contributed by atoms with E-state index < -0.39 is 0 Å². The van der Waals surface area contributed by atoms with Crippen molar-refractivity contribution in [1.29, 1.82) is 0 Å². The Morgan fingerprint density at radius 1 is 1.21 bits per heavy atom. The highest BCUT2D eigenvalue weighted by atomic mass is 19.1. The summed E-state index contributed by atoms with van der Waals surface area (Å²) in [6.45, 7) is 3.68. The lowest BCUT2D eigenvalue weighted by molar-refractivity contribution is 0.195. The second-order valence-electron chi connectivity index (χ2n) is 4.74. The van der Waals surface area contributed by atoms with Crippen molar-refractivity contribution in [3.63, 3.8) is 0 Å². The van der Waals surface area contributed by atoms with Gasteiger partial charge in [-0.1, -0.05) is 18.2 Å². The predicted octanol–water partition coefficient (Wildman–Crippen LogP) is 1.54. The van der Waals surface area contributed by atoms with E-state index in [2.05, 4.69) is 20.4 Å². The summed E-state index contributed by atoms with van der Waals surface area (Å²) in [5.74, 6) is -0.160. The van der Waals surface area contributed by atoms with Gasteiger partial charge in [-0.3, -0.25) is 10.00 Å². The fraction of sp³-hybridized carbons (Fsp3) is 0.357. The zero-order valence-corrected chi connectivity index (χ0v) is 10.6. The summed E-state index contributed by atoms with van der Waals surface area (Å²) in [5, 5.41) is 10.1. The Balaban J connectivity index is 1.99. The van der Waals surface area contributed by atoms with E-state index in [-0.39, 0.29) is 11.9 Å². The minimum Gasteiger partial charge on any atom is -0.314 e. The maximum Gasteiger partial charge on any atom is 0.128 e. The summed E-state index contributed by atoms with van der Waals surface area (Å²) < 4.78 is 14.1. The van der Waals surface area contributed by atoms with Gasteiger partial charge in [0.1, 0.15) is 5.82 Å². The monoisotopic (exact) mass is 260 g/mol. The van der Waals surface area contributed by atoms with Crippen LogP contribution in [0.3, 0.4) is 0 Å². The molecule has 1 aromatic heterocycles. The van der Waals surface area contributed by atoms with Gasteiger partial charge in [-0.05, 0) is 6.07 Å². The first-order valence-corrected chi connectivity index (χ1v) is 6.54. The molecule has 1 fully saturated rings. The Kier molecular flexibility index (Phi) is 3.57. The molecule has 5 heteroatoms. The maximum absolute atomic E-state index is 14.1. The summed E-state index contributed by atoms with van der Waals surface area (Å²) in [4.78, 5) is 2.29. The van der Waals surface area contributed by atoms with E-state index in [1.807, 2.05) is 18.3 Å². The second kappa shape index (κ2) is 5.50. The lowest BCUT2D eigenvalue weighted by atomic mass is 9.98. The molecule has 4 nitrogen and oxygen atoms in total. The minimum atomic E-state index is -0.160. The molecule has 0 saturated carbocycles. The number of aromatic nitrogens is 2. The quantitative estimate of drug-likeness (QED) is 0.880. The van der Waals surface area contributed by atoms with E-state index in [9.17, 15) is 4.39 Å². The van der Waals surface area contributed by atoms with Crippen LogP contribution < -0.4 is 5.32 Å². The number of nitrogens with zero attached hydrogens (tertiary/aromatic N) is 2. The Labute approximate surface area is 111 Å². The van der Waals surface area contributed by atoms with Gasteiger partial charge in [-0.15, -0.1) is 0 Å². The number of rotatable bonds is 3. The molecule has 0 spiro atoms. The molecule has 100 valence electrons. The SMILES string of the molecule is Fc1ccccc1C(c1cn[nH]c1)N1CCNCC1. The van der Waals surface area contributed by atoms with Crippen LogP contribution in [0.15, 0.2) is 36.7 Å². The van der Waals surface area contributed by atoms with Crippen LogP contribution in [0.4, 0.5) is 4.39 Å². The lowest BCUT2D eigenvalue weighted by Crippen LogP contribution is -2.45. The van der Waals surface area contributed by atoms with Crippen LogP contribution in [0.1, 0.15) is 17.2 Å². The molecule has 1 aliphatic rings.